The molecule has 240 valence electrons. The van der Waals surface area contributed by atoms with E-state index >= 15 is 0 Å². The van der Waals surface area contributed by atoms with Gasteiger partial charge in [0.1, 0.15) is 16.9 Å². The number of nitriles is 1. The third-order valence-electron chi connectivity index (χ3n) is 9.38. The zero-order chi connectivity index (χ0) is 32.9. The highest BCUT2D eigenvalue weighted by Gasteiger charge is 2.47. The molecule has 5 heterocycles. The summed E-state index contributed by atoms with van der Waals surface area (Å²) in [5.41, 5.74) is 14.5. The number of rotatable bonds is 5. The quantitative estimate of drug-likeness (QED) is 0.239. The van der Waals surface area contributed by atoms with Crippen molar-refractivity contribution in [3.8, 4) is 11.9 Å². The predicted octanol–water partition coefficient (Wildman–Crippen LogP) is 3.82. The van der Waals surface area contributed by atoms with Gasteiger partial charge in [0.2, 0.25) is 5.88 Å². The molecule has 3 aliphatic rings. The van der Waals surface area contributed by atoms with Gasteiger partial charge in [0.15, 0.2) is 22.9 Å². The van der Waals surface area contributed by atoms with Gasteiger partial charge in [-0.15, -0.1) is 0 Å². The zero-order valence-electron chi connectivity index (χ0n) is 25.2. The van der Waals surface area contributed by atoms with Crippen LogP contribution in [-0.4, -0.2) is 48.6 Å². The van der Waals surface area contributed by atoms with Gasteiger partial charge in [0, 0.05) is 48.9 Å². The topological polar surface area (TPSA) is 202 Å². The van der Waals surface area contributed by atoms with E-state index in [-0.39, 0.29) is 38.7 Å². The number of piperidine rings is 1. The number of halogens is 1. The molecule has 1 atom stereocenters. The Hall–Kier alpha value is -4.71. The number of carbonyl (C=O) groups excluding carboxylic acids is 1. The van der Waals surface area contributed by atoms with Gasteiger partial charge >= 0.3 is 0 Å². The van der Waals surface area contributed by atoms with Crippen LogP contribution in [0.4, 0.5) is 17.3 Å². The molecule has 0 unspecified atom stereocenters. The van der Waals surface area contributed by atoms with Gasteiger partial charge < -0.3 is 26.8 Å². The maximum absolute atomic E-state index is 13.2. The van der Waals surface area contributed by atoms with E-state index in [0.29, 0.717) is 42.6 Å². The van der Waals surface area contributed by atoms with E-state index < -0.39 is 22.9 Å². The highest BCUT2D eigenvalue weighted by atomic mass is 35.5. The average molecular weight is 671 g/mol. The van der Waals surface area contributed by atoms with Gasteiger partial charge in [0.05, 0.1) is 10.7 Å². The van der Waals surface area contributed by atoms with Crippen molar-refractivity contribution in [2.45, 2.75) is 61.0 Å². The minimum atomic E-state index is -0.831. The maximum atomic E-state index is 13.2. The molecule has 1 aromatic carbocycles. The van der Waals surface area contributed by atoms with Crippen LogP contribution in [0.3, 0.4) is 0 Å². The van der Waals surface area contributed by atoms with E-state index in [1.165, 1.54) is 4.57 Å². The SMILES string of the molecule is N#Cc1nc(Sc2cccc(NC(=O)c3c(O)nc4n(c3=O)CCCC4)c2Cl)c(N)nc1N1CCC2(CC1)Cc1ncccc1[C@H]2N. The monoisotopic (exact) mass is 670 g/mol. The highest BCUT2D eigenvalue weighted by molar-refractivity contribution is 7.99. The summed E-state index contributed by atoms with van der Waals surface area (Å²) in [5, 5.41) is 23.5. The molecule has 3 aromatic heterocycles. The number of nitrogens with two attached hydrogens (primary N) is 2. The summed E-state index contributed by atoms with van der Waals surface area (Å²) in [5.74, 6) is -0.446. The molecule has 15 heteroatoms. The number of benzene rings is 1. The summed E-state index contributed by atoms with van der Waals surface area (Å²) in [7, 11) is 0. The Bertz CT molecular complexity index is 2020. The standard InChI is InChI=1S/C32H31ClN10O3S/c33-24-18(38-28(44)23-29(45)40-22-8-1-2-12-43(22)31(23)46)6-3-7-21(24)47-30-26(36)41-27(20(16-34)39-30)42-13-9-32(10-14-42)15-19-17(25(32)35)5-4-11-37-19/h3-7,11,25,45H,1-2,8-10,12-15,35H2,(H2,36,41)(H,38,44)/t25-/m1/s1. The summed E-state index contributed by atoms with van der Waals surface area (Å²) in [6.07, 6.45) is 6.45. The van der Waals surface area contributed by atoms with Crippen LogP contribution >= 0.6 is 23.4 Å². The largest absolute Gasteiger partial charge is 0.493 e. The highest BCUT2D eigenvalue weighted by Crippen LogP contribution is 2.50. The van der Waals surface area contributed by atoms with E-state index in [4.69, 9.17) is 23.1 Å². The van der Waals surface area contributed by atoms with E-state index in [1.807, 2.05) is 11.0 Å². The lowest BCUT2D eigenvalue weighted by Gasteiger charge is -2.42. The van der Waals surface area contributed by atoms with Crippen molar-refractivity contribution >= 4 is 46.6 Å². The first-order chi connectivity index (χ1) is 22.7. The van der Waals surface area contributed by atoms with Crippen LogP contribution in [0, 0.1) is 16.7 Å². The fraction of sp³-hybridized carbons (Fsp3) is 0.344. The van der Waals surface area contributed by atoms with E-state index in [0.717, 1.165) is 55.1 Å². The fourth-order valence-electron chi connectivity index (χ4n) is 6.84. The Labute approximate surface area is 279 Å². The summed E-state index contributed by atoms with van der Waals surface area (Å²) >= 11 is 7.79. The zero-order valence-corrected chi connectivity index (χ0v) is 26.8. The first kappa shape index (κ1) is 30.9. The molecule has 0 bridgehead atoms. The van der Waals surface area contributed by atoms with Crippen molar-refractivity contribution in [3.63, 3.8) is 0 Å². The van der Waals surface area contributed by atoms with E-state index in [2.05, 4.69) is 37.4 Å². The van der Waals surface area contributed by atoms with E-state index in [1.54, 1.807) is 24.4 Å². The predicted molar refractivity (Wildman–Crippen MR) is 177 cm³/mol. The number of nitrogens with one attached hydrogen (secondary N) is 1. The Morgan fingerprint density at radius 3 is 2.72 bits per heavy atom. The normalized spacial score (nSPS) is 18.0. The number of aromatic nitrogens is 5. The van der Waals surface area contributed by atoms with Gasteiger partial charge in [-0.2, -0.15) is 10.2 Å². The second-order valence-electron chi connectivity index (χ2n) is 12.1. The number of anilines is 3. The minimum absolute atomic E-state index is 0.0881. The lowest BCUT2D eigenvalue weighted by molar-refractivity contribution is 0.102. The Balaban J connectivity index is 1.09. The second-order valence-corrected chi connectivity index (χ2v) is 13.5. The molecule has 13 nitrogen and oxygen atoms in total. The Morgan fingerprint density at radius 1 is 1.15 bits per heavy atom. The van der Waals surface area contributed by atoms with Crippen molar-refractivity contribution in [3.05, 3.63) is 80.2 Å². The summed E-state index contributed by atoms with van der Waals surface area (Å²) in [4.78, 5) is 46.5. The van der Waals surface area contributed by atoms with Crippen LogP contribution in [0.5, 0.6) is 5.88 Å². The van der Waals surface area contributed by atoms with Crippen molar-refractivity contribution in [1.82, 2.24) is 24.5 Å². The number of amides is 1. The maximum Gasteiger partial charge on any atom is 0.270 e. The van der Waals surface area contributed by atoms with Crippen molar-refractivity contribution in [1.29, 1.82) is 5.26 Å². The molecule has 0 radical (unpaired) electrons. The van der Waals surface area contributed by atoms with Gasteiger partial charge in [-0.3, -0.25) is 19.1 Å². The molecule has 1 fully saturated rings. The fourth-order valence-corrected chi connectivity index (χ4v) is 7.97. The molecular weight excluding hydrogens is 640 g/mol. The molecule has 1 saturated heterocycles. The molecule has 2 aliphatic heterocycles. The van der Waals surface area contributed by atoms with Gasteiger partial charge in [-0.25, -0.2) is 9.97 Å². The number of hydrogen-bond acceptors (Lipinski definition) is 12. The van der Waals surface area contributed by atoms with Crippen molar-refractivity contribution in [2.75, 3.05) is 29.0 Å². The molecule has 47 heavy (non-hydrogen) atoms. The molecule has 7 rings (SSSR count). The first-order valence-electron chi connectivity index (χ1n) is 15.3. The number of carbonyl (C=O) groups is 1. The number of nitrogens with zero attached hydrogens (tertiary/aromatic N) is 7. The van der Waals surface area contributed by atoms with Crippen LogP contribution in [-0.2, 0) is 19.4 Å². The van der Waals surface area contributed by atoms with Crippen LogP contribution in [0.2, 0.25) is 5.02 Å². The summed E-state index contributed by atoms with van der Waals surface area (Å²) in [6.45, 7) is 1.71. The molecule has 4 aromatic rings. The average Bonchev–Trinajstić information content (AvgIpc) is 3.34. The second kappa shape index (κ2) is 12.1. The molecule has 0 saturated carbocycles. The smallest absolute Gasteiger partial charge is 0.270 e. The van der Waals surface area contributed by atoms with Crippen LogP contribution in [0.25, 0.3) is 0 Å². The summed E-state index contributed by atoms with van der Waals surface area (Å²) in [6, 6.07) is 11.0. The molecule has 1 amide bonds. The first-order valence-corrected chi connectivity index (χ1v) is 16.5. The van der Waals surface area contributed by atoms with Crippen LogP contribution in [0.15, 0.2) is 51.2 Å². The Morgan fingerprint density at radius 2 is 1.96 bits per heavy atom. The van der Waals surface area contributed by atoms with Gasteiger partial charge in [0.25, 0.3) is 11.5 Å². The molecule has 6 N–H and O–H groups in total. The van der Waals surface area contributed by atoms with Crippen LogP contribution < -0.4 is 27.2 Å². The number of nitrogen functional groups attached to an aromatic ring is 1. The number of fused-ring (bicyclic) bond motifs is 2. The number of aryl methyl sites for hydroxylation is 1. The van der Waals surface area contributed by atoms with Gasteiger partial charge in [-0.05, 0) is 61.3 Å². The number of aromatic hydroxyl groups is 1. The lowest BCUT2D eigenvalue weighted by Crippen LogP contribution is -2.45. The number of hydrogen-bond donors (Lipinski definition) is 4. The molecule has 1 spiro atoms. The van der Waals surface area contributed by atoms with Gasteiger partial charge in [-0.1, -0.05) is 35.5 Å². The lowest BCUT2D eigenvalue weighted by atomic mass is 9.73. The van der Waals surface area contributed by atoms with Crippen molar-refractivity contribution in [2.24, 2.45) is 11.1 Å². The third-order valence-corrected chi connectivity index (χ3v) is 11.0. The minimum Gasteiger partial charge on any atom is -0.493 e. The van der Waals surface area contributed by atoms with Crippen LogP contribution in [0.1, 0.15) is 64.9 Å². The van der Waals surface area contributed by atoms with Crippen molar-refractivity contribution < 1.29 is 9.90 Å². The number of pyridine rings is 1. The molecule has 1 aliphatic carbocycles. The molecular formula is C32H31ClN10O3S. The third kappa shape index (κ3) is 5.44. The Kier molecular flexibility index (Phi) is 7.99. The summed E-state index contributed by atoms with van der Waals surface area (Å²) < 4.78 is 1.42. The van der Waals surface area contributed by atoms with E-state index in [9.17, 15) is 20.0 Å².